The number of hydrogen-bond acceptors (Lipinski definition) is 4. The summed E-state index contributed by atoms with van der Waals surface area (Å²) in [6, 6.07) is 3.96. The average Bonchev–Trinajstić information content (AvgIpc) is 2.83. The van der Waals surface area contributed by atoms with E-state index in [1.165, 1.54) is 11.3 Å². The van der Waals surface area contributed by atoms with Gasteiger partial charge in [0.25, 0.3) is 10.0 Å². The van der Waals surface area contributed by atoms with Gasteiger partial charge in [0.05, 0.1) is 0 Å². The smallest absolute Gasteiger partial charge is 0.252 e. The van der Waals surface area contributed by atoms with Gasteiger partial charge >= 0.3 is 0 Å². The molecule has 0 amide bonds. The lowest BCUT2D eigenvalue weighted by molar-refractivity contribution is 0.197. The Balaban J connectivity index is 2.07. The lowest BCUT2D eigenvalue weighted by Crippen LogP contribution is -2.44. The molecule has 1 aliphatic rings. The van der Waals surface area contributed by atoms with Crippen molar-refractivity contribution in [2.45, 2.75) is 23.1 Å². The second kappa shape index (κ2) is 5.06. The molecule has 0 radical (unpaired) electrons. The van der Waals surface area contributed by atoms with Crippen molar-refractivity contribution < 1.29 is 8.42 Å². The topological polar surface area (TPSA) is 40.6 Å². The summed E-state index contributed by atoms with van der Waals surface area (Å²) in [5.41, 5.74) is 0. The molecule has 2 heterocycles. The maximum Gasteiger partial charge on any atom is 0.252 e. The molecule has 6 heteroatoms. The first-order chi connectivity index (χ1) is 8.01. The van der Waals surface area contributed by atoms with E-state index in [4.69, 9.17) is 0 Å². The number of rotatable bonds is 3. The number of sulfonamides is 1. The van der Waals surface area contributed by atoms with Crippen LogP contribution in [0.2, 0.25) is 0 Å². The molecule has 0 aromatic carbocycles. The normalized spacial score (nSPS) is 19.9. The van der Waals surface area contributed by atoms with Crippen molar-refractivity contribution in [1.82, 2.24) is 9.21 Å². The van der Waals surface area contributed by atoms with E-state index < -0.39 is 10.0 Å². The van der Waals surface area contributed by atoms with E-state index in [0.717, 1.165) is 12.8 Å². The molecular formula is C11H18N2O2S2. The Labute approximate surface area is 107 Å². The fourth-order valence-corrected chi connectivity index (χ4v) is 4.75. The first-order valence-electron chi connectivity index (χ1n) is 5.72. The summed E-state index contributed by atoms with van der Waals surface area (Å²) in [4.78, 5) is 2.18. The monoisotopic (exact) mass is 274 g/mol. The van der Waals surface area contributed by atoms with Crippen LogP contribution in [0, 0.1) is 0 Å². The summed E-state index contributed by atoms with van der Waals surface area (Å²) < 4.78 is 26.6. The van der Waals surface area contributed by atoms with Crippen molar-refractivity contribution in [3.05, 3.63) is 17.5 Å². The van der Waals surface area contributed by atoms with Crippen LogP contribution in [0.15, 0.2) is 21.7 Å². The number of hydrogen-bond donors (Lipinski definition) is 0. The van der Waals surface area contributed by atoms with Gasteiger partial charge in [-0.1, -0.05) is 6.07 Å². The van der Waals surface area contributed by atoms with Crippen LogP contribution in [-0.2, 0) is 10.0 Å². The largest absolute Gasteiger partial charge is 0.306 e. The van der Waals surface area contributed by atoms with E-state index in [0.29, 0.717) is 23.3 Å². The zero-order valence-electron chi connectivity index (χ0n) is 10.2. The third-order valence-corrected chi connectivity index (χ3v) is 6.51. The first-order valence-corrected chi connectivity index (χ1v) is 8.04. The zero-order valence-corrected chi connectivity index (χ0v) is 11.8. The van der Waals surface area contributed by atoms with E-state index >= 15 is 0 Å². The molecule has 2 rings (SSSR count). The molecule has 1 saturated heterocycles. The number of nitrogens with zero attached hydrogens (tertiary/aromatic N) is 2. The van der Waals surface area contributed by atoms with Gasteiger partial charge in [-0.25, -0.2) is 8.42 Å². The Hall–Kier alpha value is -0.430. The summed E-state index contributed by atoms with van der Waals surface area (Å²) in [6.45, 7) is 1.26. The highest BCUT2D eigenvalue weighted by Crippen LogP contribution is 2.24. The minimum atomic E-state index is -3.23. The van der Waals surface area contributed by atoms with Crippen LogP contribution in [0.1, 0.15) is 12.8 Å². The van der Waals surface area contributed by atoms with E-state index in [1.54, 1.807) is 21.8 Å². The van der Waals surface area contributed by atoms with E-state index in [-0.39, 0.29) is 0 Å². The van der Waals surface area contributed by atoms with Crippen LogP contribution in [-0.4, -0.2) is 50.8 Å². The molecule has 1 aromatic heterocycles. The minimum absolute atomic E-state index is 0.459. The Bertz CT molecular complexity index is 446. The van der Waals surface area contributed by atoms with Crippen molar-refractivity contribution in [2.24, 2.45) is 0 Å². The van der Waals surface area contributed by atoms with Crippen LogP contribution < -0.4 is 0 Å². The highest BCUT2D eigenvalue weighted by Gasteiger charge is 2.30. The summed E-state index contributed by atoms with van der Waals surface area (Å²) >= 11 is 1.29. The first kappa shape index (κ1) is 13.0. The van der Waals surface area contributed by atoms with Gasteiger partial charge in [0.2, 0.25) is 0 Å². The van der Waals surface area contributed by atoms with Crippen LogP contribution in [0.5, 0.6) is 0 Å². The van der Waals surface area contributed by atoms with Crippen molar-refractivity contribution in [3.8, 4) is 0 Å². The maximum absolute atomic E-state index is 12.2. The van der Waals surface area contributed by atoms with Gasteiger partial charge in [0.1, 0.15) is 4.21 Å². The van der Waals surface area contributed by atoms with Crippen molar-refractivity contribution in [2.75, 3.05) is 27.2 Å². The predicted octanol–water partition coefficient (Wildman–Crippen LogP) is 1.46. The van der Waals surface area contributed by atoms with E-state index in [2.05, 4.69) is 4.90 Å². The van der Waals surface area contributed by atoms with Crippen LogP contribution in [0.4, 0.5) is 0 Å². The third kappa shape index (κ3) is 2.70. The molecule has 0 atom stereocenters. The Morgan fingerprint density at radius 1 is 1.35 bits per heavy atom. The van der Waals surface area contributed by atoms with Gasteiger partial charge in [0, 0.05) is 19.1 Å². The summed E-state index contributed by atoms with van der Waals surface area (Å²) in [6.07, 6.45) is 1.83. The van der Waals surface area contributed by atoms with Gasteiger partial charge in [0.15, 0.2) is 0 Å². The molecule has 17 heavy (non-hydrogen) atoms. The van der Waals surface area contributed by atoms with Gasteiger partial charge in [-0.05, 0) is 38.4 Å². The standard InChI is InChI=1S/C11H18N2O2S2/c1-12(2)10-5-7-13(8-6-10)17(14,15)11-4-3-9-16-11/h3-4,9-10H,5-8H2,1-2H3. The fraction of sp³-hybridized carbons (Fsp3) is 0.636. The van der Waals surface area contributed by atoms with Crippen molar-refractivity contribution in [1.29, 1.82) is 0 Å². The molecule has 1 aliphatic heterocycles. The molecule has 0 saturated carbocycles. The fourth-order valence-electron chi connectivity index (χ4n) is 2.14. The van der Waals surface area contributed by atoms with Crippen LogP contribution >= 0.6 is 11.3 Å². The summed E-state index contributed by atoms with van der Waals surface area (Å²) in [7, 11) is 0.865. The molecule has 0 unspecified atom stereocenters. The lowest BCUT2D eigenvalue weighted by atomic mass is 10.1. The SMILES string of the molecule is CN(C)C1CCN(S(=O)(=O)c2cccs2)CC1. The van der Waals surface area contributed by atoms with Crippen LogP contribution in [0.3, 0.4) is 0 Å². The van der Waals surface area contributed by atoms with Gasteiger partial charge in [-0.2, -0.15) is 4.31 Å². The zero-order chi connectivity index (χ0) is 12.5. The molecule has 96 valence electrons. The van der Waals surface area contributed by atoms with Gasteiger partial charge in [-0.3, -0.25) is 0 Å². The highest BCUT2D eigenvalue weighted by molar-refractivity contribution is 7.91. The molecule has 4 nitrogen and oxygen atoms in total. The number of piperidine rings is 1. The second-order valence-corrected chi connectivity index (χ2v) is 7.64. The second-order valence-electron chi connectivity index (χ2n) is 4.53. The summed E-state index contributed by atoms with van der Waals surface area (Å²) in [5.74, 6) is 0. The Morgan fingerprint density at radius 3 is 2.47 bits per heavy atom. The quantitative estimate of drug-likeness (QED) is 0.838. The molecule has 0 aliphatic carbocycles. The average molecular weight is 274 g/mol. The predicted molar refractivity (Wildman–Crippen MR) is 69.8 cm³/mol. The van der Waals surface area contributed by atoms with Crippen LogP contribution in [0.25, 0.3) is 0 Å². The Morgan fingerprint density at radius 2 is 2.00 bits per heavy atom. The van der Waals surface area contributed by atoms with Gasteiger partial charge in [-0.15, -0.1) is 11.3 Å². The third-order valence-electron chi connectivity index (χ3n) is 3.24. The molecule has 1 fully saturated rings. The molecule has 0 N–H and O–H groups in total. The molecule has 0 bridgehead atoms. The maximum atomic E-state index is 12.2. The highest BCUT2D eigenvalue weighted by atomic mass is 32.2. The lowest BCUT2D eigenvalue weighted by Gasteiger charge is -2.34. The van der Waals surface area contributed by atoms with Gasteiger partial charge < -0.3 is 4.90 Å². The Kier molecular flexibility index (Phi) is 3.87. The number of thiophene rings is 1. The van der Waals surface area contributed by atoms with Crippen molar-refractivity contribution >= 4 is 21.4 Å². The van der Waals surface area contributed by atoms with E-state index in [1.807, 2.05) is 14.1 Å². The van der Waals surface area contributed by atoms with Crippen molar-refractivity contribution in [3.63, 3.8) is 0 Å². The molecule has 1 aromatic rings. The molecule has 0 spiro atoms. The summed E-state index contributed by atoms with van der Waals surface area (Å²) in [5, 5.41) is 1.81. The molecular weight excluding hydrogens is 256 g/mol. The van der Waals surface area contributed by atoms with E-state index in [9.17, 15) is 8.42 Å². The minimum Gasteiger partial charge on any atom is -0.306 e.